The van der Waals surface area contributed by atoms with Crippen molar-refractivity contribution in [2.45, 2.75) is 45.1 Å². The normalized spacial score (nSPS) is 23.5. The quantitative estimate of drug-likeness (QED) is 0.445. The molecular formula is C15H23N3O. The second-order valence-electron chi connectivity index (χ2n) is 5.47. The summed E-state index contributed by atoms with van der Waals surface area (Å²) >= 11 is 0. The van der Waals surface area contributed by atoms with E-state index in [1.807, 2.05) is 18.2 Å². The maximum absolute atomic E-state index is 12.3. The van der Waals surface area contributed by atoms with Crippen LogP contribution in [0.4, 0.5) is 5.69 Å². The molecule has 2 atom stereocenters. The topological polar surface area (TPSA) is 67.2 Å². The van der Waals surface area contributed by atoms with Crippen molar-refractivity contribution < 1.29 is 4.79 Å². The Labute approximate surface area is 114 Å². The van der Waals surface area contributed by atoms with E-state index in [4.69, 9.17) is 5.84 Å². The molecule has 0 saturated heterocycles. The fourth-order valence-corrected chi connectivity index (χ4v) is 2.70. The highest BCUT2D eigenvalue weighted by Crippen LogP contribution is 2.23. The van der Waals surface area contributed by atoms with E-state index in [1.165, 1.54) is 19.3 Å². The average Bonchev–Trinajstić information content (AvgIpc) is 2.63. The number of nitrogens with one attached hydrogen (secondary N) is 2. The zero-order valence-corrected chi connectivity index (χ0v) is 11.5. The van der Waals surface area contributed by atoms with Gasteiger partial charge in [-0.1, -0.05) is 31.9 Å². The van der Waals surface area contributed by atoms with Crippen molar-refractivity contribution in [1.29, 1.82) is 0 Å². The van der Waals surface area contributed by atoms with Crippen molar-refractivity contribution in [2.24, 2.45) is 11.8 Å². The van der Waals surface area contributed by atoms with Gasteiger partial charge in [0, 0.05) is 6.04 Å². The molecule has 1 aromatic carbocycles. The lowest BCUT2D eigenvalue weighted by atomic mass is 10.0. The van der Waals surface area contributed by atoms with Crippen molar-refractivity contribution in [2.75, 3.05) is 5.43 Å². The number of benzene rings is 1. The molecule has 0 heterocycles. The number of hydrogen-bond donors (Lipinski definition) is 3. The monoisotopic (exact) mass is 261 g/mol. The third-order valence-electron chi connectivity index (χ3n) is 3.92. The smallest absolute Gasteiger partial charge is 0.253 e. The number of amides is 1. The molecule has 0 bridgehead atoms. The average molecular weight is 261 g/mol. The van der Waals surface area contributed by atoms with E-state index in [0.29, 0.717) is 17.3 Å². The summed E-state index contributed by atoms with van der Waals surface area (Å²) < 4.78 is 0. The minimum absolute atomic E-state index is 0.0342. The van der Waals surface area contributed by atoms with Crippen molar-refractivity contribution in [3.05, 3.63) is 29.8 Å². The molecular weight excluding hydrogens is 238 g/mol. The summed E-state index contributed by atoms with van der Waals surface area (Å²) in [6.07, 6.45) is 5.82. The molecule has 1 aromatic rings. The Morgan fingerprint density at radius 3 is 2.79 bits per heavy atom. The van der Waals surface area contributed by atoms with Crippen molar-refractivity contribution in [3.63, 3.8) is 0 Å². The van der Waals surface area contributed by atoms with Gasteiger partial charge in [-0.05, 0) is 37.3 Å². The van der Waals surface area contributed by atoms with Crippen LogP contribution in [-0.4, -0.2) is 11.9 Å². The summed E-state index contributed by atoms with van der Waals surface area (Å²) in [7, 11) is 0. The molecule has 1 fully saturated rings. The first-order valence-corrected chi connectivity index (χ1v) is 7.07. The van der Waals surface area contributed by atoms with Crippen LogP contribution in [-0.2, 0) is 0 Å². The SMILES string of the molecule is CC1CCCC(NC(=O)c2ccccc2NN)CC1. The van der Waals surface area contributed by atoms with Gasteiger partial charge in [0.25, 0.3) is 5.91 Å². The molecule has 4 nitrogen and oxygen atoms in total. The highest BCUT2D eigenvalue weighted by atomic mass is 16.1. The molecule has 1 saturated carbocycles. The van der Waals surface area contributed by atoms with E-state index in [2.05, 4.69) is 17.7 Å². The summed E-state index contributed by atoms with van der Waals surface area (Å²) in [4.78, 5) is 12.3. The molecule has 4 heteroatoms. The number of hydrogen-bond acceptors (Lipinski definition) is 3. The molecule has 0 aliphatic heterocycles. The van der Waals surface area contributed by atoms with Gasteiger partial charge in [0.2, 0.25) is 0 Å². The van der Waals surface area contributed by atoms with Crippen molar-refractivity contribution in [3.8, 4) is 0 Å². The molecule has 0 spiro atoms. The Morgan fingerprint density at radius 2 is 2.00 bits per heavy atom. The lowest BCUT2D eigenvalue weighted by Crippen LogP contribution is -2.35. The second-order valence-corrected chi connectivity index (χ2v) is 5.47. The van der Waals surface area contributed by atoms with Crippen LogP contribution in [0.25, 0.3) is 0 Å². The maximum Gasteiger partial charge on any atom is 0.253 e. The summed E-state index contributed by atoms with van der Waals surface area (Å²) in [5.74, 6) is 6.18. The van der Waals surface area contributed by atoms with E-state index in [0.717, 1.165) is 18.8 Å². The van der Waals surface area contributed by atoms with Gasteiger partial charge in [-0.3, -0.25) is 10.6 Å². The molecule has 2 unspecified atom stereocenters. The van der Waals surface area contributed by atoms with Crippen LogP contribution in [0.3, 0.4) is 0 Å². The summed E-state index contributed by atoms with van der Waals surface area (Å²) in [6, 6.07) is 7.61. The van der Waals surface area contributed by atoms with E-state index in [-0.39, 0.29) is 5.91 Å². The number of para-hydroxylation sites is 1. The third-order valence-corrected chi connectivity index (χ3v) is 3.92. The molecule has 4 N–H and O–H groups in total. The predicted molar refractivity (Wildman–Crippen MR) is 77.8 cm³/mol. The fraction of sp³-hybridized carbons (Fsp3) is 0.533. The summed E-state index contributed by atoms with van der Waals surface area (Å²) in [5, 5.41) is 3.14. The Balaban J connectivity index is 2.00. The fourth-order valence-electron chi connectivity index (χ4n) is 2.70. The van der Waals surface area contributed by atoms with Crippen molar-refractivity contribution >= 4 is 11.6 Å². The molecule has 1 aliphatic rings. The molecule has 2 rings (SSSR count). The van der Waals surface area contributed by atoms with Gasteiger partial charge in [-0.25, -0.2) is 0 Å². The van der Waals surface area contributed by atoms with E-state index in [9.17, 15) is 4.79 Å². The Morgan fingerprint density at radius 1 is 1.21 bits per heavy atom. The van der Waals surface area contributed by atoms with Crippen LogP contribution >= 0.6 is 0 Å². The minimum atomic E-state index is -0.0342. The zero-order chi connectivity index (χ0) is 13.7. The standard InChI is InChI=1S/C15H23N3O/c1-11-5-4-6-12(10-9-11)17-15(19)13-7-2-3-8-14(13)18-16/h2-3,7-8,11-12,18H,4-6,9-10,16H2,1H3,(H,17,19). The molecule has 0 aromatic heterocycles. The van der Waals surface area contributed by atoms with Crippen LogP contribution in [0, 0.1) is 5.92 Å². The van der Waals surface area contributed by atoms with E-state index in [1.54, 1.807) is 6.07 Å². The van der Waals surface area contributed by atoms with Crippen LogP contribution < -0.4 is 16.6 Å². The first-order chi connectivity index (χ1) is 9.20. The minimum Gasteiger partial charge on any atom is -0.349 e. The Bertz CT molecular complexity index is 433. The number of carbonyl (C=O) groups is 1. The highest BCUT2D eigenvalue weighted by Gasteiger charge is 2.19. The van der Waals surface area contributed by atoms with Gasteiger partial charge in [0.1, 0.15) is 0 Å². The maximum atomic E-state index is 12.3. The number of rotatable bonds is 3. The lowest BCUT2D eigenvalue weighted by molar-refractivity contribution is 0.0934. The lowest BCUT2D eigenvalue weighted by Gasteiger charge is -2.17. The van der Waals surface area contributed by atoms with Gasteiger partial charge in [0.05, 0.1) is 11.3 Å². The third kappa shape index (κ3) is 3.70. The predicted octanol–water partition coefficient (Wildman–Crippen LogP) is 2.67. The summed E-state index contributed by atoms with van der Waals surface area (Å²) in [6.45, 7) is 2.29. The summed E-state index contributed by atoms with van der Waals surface area (Å²) in [5.41, 5.74) is 3.85. The Kier molecular flexibility index (Phi) is 4.80. The van der Waals surface area contributed by atoms with Crippen LogP contribution in [0.1, 0.15) is 49.4 Å². The first-order valence-electron chi connectivity index (χ1n) is 7.07. The number of hydrazine groups is 1. The molecule has 19 heavy (non-hydrogen) atoms. The number of nitrogen functional groups attached to an aromatic ring is 1. The van der Waals surface area contributed by atoms with Gasteiger partial charge in [-0.2, -0.15) is 0 Å². The Hall–Kier alpha value is -1.55. The van der Waals surface area contributed by atoms with Gasteiger partial charge in [-0.15, -0.1) is 0 Å². The molecule has 1 amide bonds. The largest absolute Gasteiger partial charge is 0.349 e. The number of nitrogens with two attached hydrogens (primary N) is 1. The first kappa shape index (κ1) is 13.9. The zero-order valence-electron chi connectivity index (χ0n) is 11.5. The molecule has 0 radical (unpaired) electrons. The van der Waals surface area contributed by atoms with Gasteiger partial charge >= 0.3 is 0 Å². The van der Waals surface area contributed by atoms with Gasteiger partial charge in [0.15, 0.2) is 0 Å². The van der Waals surface area contributed by atoms with Crippen LogP contribution in [0.5, 0.6) is 0 Å². The molecule has 104 valence electrons. The van der Waals surface area contributed by atoms with Crippen molar-refractivity contribution in [1.82, 2.24) is 5.32 Å². The second kappa shape index (κ2) is 6.57. The van der Waals surface area contributed by atoms with Gasteiger partial charge < -0.3 is 10.7 Å². The number of anilines is 1. The number of carbonyl (C=O) groups excluding carboxylic acids is 1. The van der Waals surface area contributed by atoms with E-state index >= 15 is 0 Å². The highest BCUT2D eigenvalue weighted by molar-refractivity contribution is 5.99. The van der Waals surface area contributed by atoms with Crippen LogP contribution in [0.15, 0.2) is 24.3 Å². The molecule has 1 aliphatic carbocycles. The van der Waals surface area contributed by atoms with Crippen LogP contribution in [0.2, 0.25) is 0 Å². The van der Waals surface area contributed by atoms with E-state index < -0.39 is 0 Å².